The van der Waals surface area contributed by atoms with E-state index in [0.29, 0.717) is 0 Å². The molecule has 0 saturated heterocycles. The molecule has 1 N–H and O–H groups in total. The van der Waals surface area contributed by atoms with Gasteiger partial charge in [-0.25, -0.2) is 9.48 Å². The Hall–Kier alpha value is -2.30. The van der Waals surface area contributed by atoms with Gasteiger partial charge in [0, 0.05) is 0 Å². The Morgan fingerprint density at radius 3 is 2.56 bits per heavy atom. The summed E-state index contributed by atoms with van der Waals surface area (Å²) in [6.45, 7) is 0. The summed E-state index contributed by atoms with van der Waals surface area (Å²) >= 11 is 0. The molecule has 0 saturated carbocycles. The highest BCUT2D eigenvalue weighted by Gasteiger charge is 2.16. The maximum atomic E-state index is 10.9. The van der Waals surface area contributed by atoms with E-state index in [1.807, 2.05) is 30.3 Å². The molecule has 1 aromatic carbocycles. The van der Waals surface area contributed by atoms with Gasteiger partial charge in [0.25, 0.3) is 0 Å². The normalized spacial score (nSPS) is 10.1. The zero-order valence-corrected chi connectivity index (χ0v) is 8.62. The molecule has 1 aromatic heterocycles. The first-order valence-corrected chi connectivity index (χ1v) is 4.64. The van der Waals surface area contributed by atoms with E-state index < -0.39 is 5.97 Å². The van der Waals surface area contributed by atoms with E-state index >= 15 is 0 Å². The van der Waals surface area contributed by atoms with Gasteiger partial charge in [0.2, 0.25) is 5.69 Å². The first kappa shape index (κ1) is 10.2. The SMILES string of the molecule is COc1cn(-c2ccccc2)nc1C(=O)O. The van der Waals surface area contributed by atoms with Crippen molar-refractivity contribution in [3.05, 3.63) is 42.2 Å². The first-order chi connectivity index (χ1) is 7.72. The maximum absolute atomic E-state index is 10.9. The van der Waals surface area contributed by atoms with Crippen molar-refractivity contribution in [3.8, 4) is 11.4 Å². The topological polar surface area (TPSA) is 64.4 Å². The summed E-state index contributed by atoms with van der Waals surface area (Å²) < 4.78 is 6.42. The lowest BCUT2D eigenvalue weighted by molar-refractivity contribution is 0.0686. The lowest BCUT2D eigenvalue weighted by atomic mass is 10.3. The number of hydrogen-bond donors (Lipinski definition) is 1. The predicted octanol–water partition coefficient (Wildman–Crippen LogP) is 1.58. The quantitative estimate of drug-likeness (QED) is 0.849. The second-order valence-electron chi connectivity index (χ2n) is 3.13. The molecule has 16 heavy (non-hydrogen) atoms. The van der Waals surface area contributed by atoms with Crippen LogP contribution in [0.15, 0.2) is 36.5 Å². The van der Waals surface area contributed by atoms with Crippen LogP contribution < -0.4 is 4.74 Å². The van der Waals surface area contributed by atoms with Crippen molar-refractivity contribution in [1.82, 2.24) is 9.78 Å². The van der Waals surface area contributed by atoms with E-state index in [9.17, 15) is 4.79 Å². The summed E-state index contributed by atoms with van der Waals surface area (Å²) in [4.78, 5) is 10.9. The van der Waals surface area contributed by atoms with E-state index in [1.165, 1.54) is 11.8 Å². The molecular formula is C11H10N2O3. The fraction of sp³-hybridized carbons (Fsp3) is 0.0909. The van der Waals surface area contributed by atoms with Gasteiger partial charge >= 0.3 is 5.97 Å². The molecule has 1 heterocycles. The molecule has 5 heteroatoms. The third kappa shape index (κ3) is 1.75. The van der Waals surface area contributed by atoms with E-state index in [2.05, 4.69) is 5.10 Å². The average molecular weight is 218 g/mol. The Labute approximate surface area is 91.9 Å². The number of benzene rings is 1. The standard InChI is InChI=1S/C11H10N2O3/c1-16-9-7-13(12-10(9)11(14)15)8-5-3-2-4-6-8/h2-7H,1H3,(H,14,15). The molecule has 5 nitrogen and oxygen atoms in total. The van der Waals surface area contributed by atoms with Gasteiger partial charge in [-0.1, -0.05) is 18.2 Å². The Bertz CT molecular complexity index is 505. The van der Waals surface area contributed by atoms with Gasteiger partial charge in [0.05, 0.1) is 19.0 Å². The summed E-state index contributed by atoms with van der Waals surface area (Å²) in [5.41, 5.74) is 0.694. The van der Waals surface area contributed by atoms with Gasteiger partial charge in [-0.05, 0) is 12.1 Å². The number of nitrogens with zero attached hydrogens (tertiary/aromatic N) is 2. The number of aromatic nitrogens is 2. The highest BCUT2D eigenvalue weighted by atomic mass is 16.5. The molecule has 2 aromatic rings. The lowest BCUT2D eigenvalue weighted by Gasteiger charge is -1.98. The van der Waals surface area contributed by atoms with Crippen LogP contribution in [0.2, 0.25) is 0 Å². The molecule has 0 fully saturated rings. The largest absolute Gasteiger partial charge is 0.493 e. The highest BCUT2D eigenvalue weighted by molar-refractivity contribution is 5.88. The molecule has 0 aliphatic heterocycles. The zero-order valence-electron chi connectivity index (χ0n) is 8.62. The summed E-state index contributed by atoms with van der Waals surface area (Å²) in [7, 11) is 1.42. The Morgan fingerprint density at radius 1 is 1.38 bits per heavy atom. The third-order valence-electron chi connectivity index (χ3n) is 2.12. The van der Waals surface area contributed by atoms with Gasteiger partial charge in [0.15, 0.2) is 5.75 Å². The van der Waals surface area contributed by atoms with Crippen molar-refractivity contribution in [2.24, 2.45) is 0 Å². The number of aromatic carboxylic acids is 1. The number of rotatable bonds is 3. The second-order valence-corrected chi connectivity index (χ2v) is 3.13. The Kier molecular flexibility index (Phi) is 2.59. The van der Waals surface area contributed by atoms with Crippen LogP contribution in [-0.4, -0.2) is 28.0 Å². The molecule has 0 bridgehead atoms. The first-order valence-electron chi connectivity index (χ1n) is 4.64. The van der Waals surface area contributed by atoms with Gasteiger partial charge in [-0.2, -0.15) is 5.10 Å². The number of methoxy groups -OCH3 is 1. The van der Waals surface area contributed by atoms with Crippen LogP contribution in [0.5, 0.6) is 5.75 Å². The van der Waals surface area contributed by atoms with Crippen molar-refractivity contribution in [2.75, 3.05) is 7.11 Å². The molecule has 0 aliphatic rings. The van der Waals surface area contributed by atoms with E-state index in [0.717, 1.165) is 5.69 Å². The number of para-hydroxylation sites is 1. The molecule has 0 aliphatic carbocycles. The highest BCUT2D eigenvalue weighted by Crippen LogP contribution is 2.18. The number of ether oxygens (including phenoxy) is 1. The molecule has 0 radical (unpaired) electrons. The average Bonchev–Trinajstić information content (AvgIpc) is 2.74. The number of carboxylic acid groups (broad SMARTS) is 1. The van der Waals surface area contributed by atoms with Crippen LogP contribution >= 0.6 is 0 Å². The molecule has 2 rings (SSSR count). The third-order valence-corrected chi connectivity index (χ3v) is 2.12. The molecule has 0 atom stereocenters. The fourth-order valence-electron chi connectivity index (χ4n) is 1.37. The van der Waals surface area contributed by atoms with Gasteiger partial charge in [0.1, 0.15) is 0 Å². The van der Waals surface area contributed by atoms with Crippen molar-refractivity contribution in [3.63, 3.8) is 0 Å². The Balaban J connectivity index is 2.48. The Morgan fingerprint density at radius 2 is 2.06 bits per heavy atom. The van der Waals surface area contributed by atoms with Crippen LogP contribution in [0.25, 0.3) is 5.69 Å². The van der Waals surface area contributed by atoms with Crippen LogP contribution in [-0.2, 0) is 0 Å². The second kappa shape index (κ2) is 4.06. The summed E-state index contributed by atoms with van der Waals surface area (Å²) in [5, 5.41) is 12.8. The fourth-order valence-corrected chi connectivity index (χ4v) is 1.37. The van der Waals surface area contributed by atoms with Crippen molar-refractivity contribution in [1.29, 1.82) is 0 Å². The molecule has 0 unspecified atom stereocenters. The van der Waals surface area contributed by atoms with Crippen LogP contribution in [0, 0.1) is 0 Å². The lowest BCUT2D eigenvalue weighted by Crippen LogP contribution is -2.01. The van der Waals surface area contributed by atoms with Crippen molar-refractivity contribution < 1.29 is 14.6 Å². The zero-order chi connectivity index (χ0) is 11.5. The van der Waals surface area contributed by atoms with Crippen molar-refractivity contribution in [2.45, 2.75) is 0 Å². The van der Waals surface area contributed by atoms with E-state index in [4.69, 9.17) is 9.84 Å². The minimum atomic E-state index is -1.11. The number of carbonyl (C=O) groups is 1. The minimum Gasteiger partial charge on any atom is -0.493 e. The van der Waals surface area contributed by atoms with Gasteiger partial charge in [-0.3, -0.25) is 0 Å². The number of hydrogen-bond acceptors (Lipinski definition) is 3. The molecule has 0 spiro atoms. The van der Waals surface area contributed by atoms with Crippen LogP contribution in [0.3, 0.4) is 0 Å². The van der Waals surface area contributed by atoms with Crippen LogP contribution in [0.1, 0.15) is 10.5 Å². The smallest absolute Gasteiger partial charge is 0.360 e. The minimum absolute atomic E-state index is 0.0913. The summed E-state index contributed by atoms with van der Waals surface area (Å²) in [5.74, 6) is -0.858. The maximum Gasteiger partial charge on any atom is 0.360 e. The van der Waals surface area contributed by atoms with Crippen LogP contribution in [0.4, 0.5) is 0 Å². The van der Waals surface area contributed by atoms with Gasteiger partial charge in [-0.15, -0.1) is 0 Å². The van der Waals surface area contributed by atoms with E-state index in [1.54, 1.807) is 6.20 Å². The summed E-state index contributed by atoms with van der Waals surface area (Å²) in [6, 6.07) is 9.24. The van der Waals surface area contributed by atoms with Gasteiger partial charge < -0.3 is 9.84 Å². The van der Waals surface area contributed by atoms with E-state index in [-0.39, 0.29) is 11.4 Å². The predicted molar refractivity (Wildman–Crippen MR) is 57.1 cm³/mol. The molecular weight excluding hydrogens is 208 g/mol. The molecule has 0 amide bonds. The van der Waals surface area contributed by atoms with Crippen molar-refractivity contribution >= 4 is 5.97 Å². The summed E-state index contributed by atoms with van der Waals surface area (Å²) in [6.07, 6.45) is 1.54. The monoisotopic (exact) mass is 218 g/mol. The number of carboxylic acids is 1. The molecule has 82 valence electrons.